The molecule has 0 unspecified atom stereocenters. The van der Waals surface area contributed by atoms with E-state index in [0.29, 0.717) is 18.0 Å². The van der Waals surface area contributed by atoms with Crippen LogP contribution in [0.2, 0.25) is 5.02 Å². The zero-order valence-corrected chi connectivity index (χ0v) is 15.0. The van der Waals surface area contributed by atoms with Gasteiger partial charge in [0.2, 0.25) is 0 Å². The fourth-order valence-electron chi connectivity index (χ4n) is 4.19. The monoisotopic (exact) mass is 349 g/mol. The first kappa shape index (κ1) is 17.6. The topological polar surface area (TPSA) is 58.4 Å². The number of hydrogen-bond donors (Lipinski definition) is 2. The van der Waals surface area contributed by atoms with Crippen molar-refractivity contribution in [3.8, 4) is 0 Å². The number of likely N-dealkylation sites (tertiary alicyclic amines) is 1. The first-order valence-corrected chi connectivity index (χ1v) is 9.57. The smallest absolute Gasteiger partial charge is 0.314 e. The van der Waals surface area contributed by atoms with E-state index in [0.717, 1.165) is 31.0 Å². The zero-order valence-electron chi connectivity index (χ0n) is 14.2. The number of rotatable bonds is 4. The molecule has 0 bridgehead atoms. The third kappa shape index (κ3) is 4.42. The van der Waals surface area contributed by atoms with Gasteiger partial charge < -0.3 is 16.0 Å². The Balaban J connectivity index is 1.69. The van der Waals surface area contributed by atoms with Crippen LogP contribution >= 0.6 is 11.6 Å². The van der Waals surface area contributed by atoms with Gasteiger partial charge in [-0.25, -0.2) is 4.79 Å². The molecule has 4 nitrogen and oxygen atoms in total. The largest absolute Gasteiger partial charge is 0.351 e. The van der Waals surface area contributed by atoms with E-state index >= 15 is 0 Å². The van der Waals surface area contributed by atoms with E-state index in [1.807, 2.05) is 12.1 Å². The summed E-state index contributed by atoms with van der Waals surface area (Å²) in [6.07, 6.45) is 8.50. The van der Waals surface area contributed by atoms with E-state index in [9.17, 15) is 4.79 Å². The molecule has 1 aromatic rings. The first-order valence-electron chi connectivity index (χ1n) is 9.19. The van der Waals surface area contributed by atoms with Gasteiger partial charge in [0.15, 0.2) is 0 Å². The average molecular weight is 350 g/mol. The number of benzene rings is 1. The molecule has 0 radical (unpaired) electrons. The van der Waals surface area contributed by atoms with Crippen molar-refractivity contribution in [1.82, 2.24) is 10.2 Å². The van der Waals surface area contributed by atoms with Crippen LogP contribution in [-0.4, -0.2) is 30.1 Å². The van der Waals surface area contributed by atoms with Crippen LogP contribution in [0.3, 0.4) is 0 Å². The van der Waals surface area contributed by atoms with E-state index in [1.165, 1.54) is 37.7 Å². The molecule has 1 atom stereocenters. The Morgan fingerprint density at radius 1 is 1.17 bits per heavy atom. The molecule has 1 saturated heterocycles. The number of halogens is 1. The Morgan fingerprint density at radius 3 is 2.50 bits per heavy atom. The van der Waals surface area contributed by atoms with Crippen molar-refractivity contribution >= 4 is 17.6 Å². The summed E-state index contributed by atoms with van der Waals surface area (Å²) in [4.78, 5) is 13.0. The maximum Gasteiger partial charge on any atom is 0.314 e. The number of urea groups is 1. The molecule has 2 amide bonds. The Bertz CT molecular complexity index is 551. The first-order chi connectivity index (χ1) is 11.6. The number of piperidine rings is 1. The molecule has 24 heavy (non-hydrogen) atoms. The molecule has 0 aromatic heterocycles. The van der Waals surface area contributed by atoms with Gasteiger partial charge >= 0.3 is 6.03 Å². The number of carbonyl (C=O) groups is 1. The van der Waals surface area contributed by atoms with Crippen molar-refractivity contribution in [2.24, 2.45) is 11.7 Å². The minimum absolute atomic E-state index is 0.299. The molecule has 0 spiro atoms. The lowest BCUT2D eigenvalue weighted by atomic mass is 9.80. The number of hydrogen-bond acceptors (Lipinski definition) is 2. The predicted molar refractivity (Wildman–Crippen MR) is 98.1 cm³/mol. The maximum absolute atomic E-state index is 11.3. The van der Waals surface area contributed by atoms with E-state index in [1.54, 1.807) is 4.90 Å². The number of carbonyl (C=O) groups excluding carboxylic acids is 1. The van der Waals surface area contributed by atoms with E-state index in [-0.39, 0.29) is 6.03 Å². The van der Waals surface area contributed by atoms with Crippen LogP contribution in [0.5, 0.6) is 0 Å². The zero-order chi connectivity index (χ0) is 16.9. The second-order valence-corrected chi connectivity index (χ2v) is 7.63. The molecular formula is C19H28ClN3O. The van der Waals surface area contributed by atoms with Crippen LogP contribution in [-0.2, 0) is 0 Å². The standard InChI is InChI=1S/C19H28ClN3O/c20-16-8-4-7-15(13-16)18(14-5-2-1-3-6-14)22-17-9-11-23(12-10-17)19(21)24/h4,7-8,13-14,17-18,22H,1-3,5-6,9-12H2,(H2,21,24)/t18-/m1/s1. The van der Waals surface area contributed by atoms with Gasteiger partial charge in [0, 0.05) is 30.2 Å². The normalized spacial score (nSPS) is 21.6. The van der Waals surface area contributed by atoms with Gasteiger partial charge in [-0.1, -0.05) is 43.0 Å². The van der Waals surface area contributed by atoms with Crippen LogP contribution in [0.25, 0.3) is 0 Å². The highest BCUT2D eigenvalue weighted by molar-refractivity contribution is 6.30. The molecule has 1 heterocycles. The van der Waals surface area contributed by atoms with Crippen molar-refractivity contribution in [2.75, 3.05) is 13.1 Å². The molecule has 132 valence electrons. The lowest BCUT2D eigenvalue weighted by Gasteiger charge is -2.38. The summed E-state index contributed by atoms with van der Waals surface area (Å²) in [5.41, 5.74) is 6.69. The van der Waals surface area contributed by atoms with Crippen LogP contribution in [0.1, 0.15) is 56.6 Å². The Kier molecular flexibility index (Phi) is 6.01. The van der Waals surface area contributed by atoms with E-state index < -0.39 is 0 Å². The number of amides is 2. The minimum atomic E-state index is -0.299. The molecule has 1 saturated carbocycles. The van der Waals surface area contributed by atoms with Crippen LogP contribution < -0.4 is 11.1 Å². The maximum atomic E-state index is 11.3. The number of nitrogens with two attached hydrogens (primary N) is 1. The fourth-order valence-corrected chi connectivity index (χ4v) is 4.39. The second-order valence-electron chi connectivity index (χ2n) is 7.20. The third-order valence-electron chi connectivity index (χ3n) is 5.55. The number of nitrogens with zero attached hydrogens (tertiary/aromatic N) is 1. The number of nitrogens with one attached hydrogen (secondary N) is 1. The summed E-state index contributed by atoms with van der Waals surface area (Å²) in [5, 5.41) is 4.70. The van der Waals surface area contributed by atoms with Crippen molar-refractivity contribution in [2.45, 2.75) is 57.0 Å². The molecule has 3 N–H and O–H groups in total. The molecule has 1 aliphatic heterocycles. The van der Waals surface area contributed by atoms with Crippen molar-refractivity contribution in [3.63, 3.8) is 0 Å². The third-order valence-corrected chi connectivity index (χ3v) is 5.79. The highest BCUT2D eigenvalue weighted by Gasteiger charge is 2.29. The van der Waals surface area contributed by atoms with Gasteiger partial charge in [-0.2, -0.15) is 0 Å². The fraction of sp³-hybridized carbons (Fsp3) is 0.632. The molecule has 3 rings (SSSR count). The van der Waals surface area contributed by atoms with Gasteiger partial charge in [0.25, 0.3) is 0 Å². The van der Waals surface area contributed by atoms with E-state index in [2.05, 4.69) is 17.4 Å². The number of primary amides is 1. The van der Waals surface area contributed by atoms with E-state index in [4.69, 9.17) is 17.3 Å². The Labute approximate surface area is 149 Å². The van der Waals surface area contributed by atoms with Crippen molar-refractivity contribution in [1.29, 1.82) is 0 Å². The minimum Gasteiger partial charge on any atom is -0.351 e. The highest BCUT2D eigenvalue weighted by atomic mass is 35.5. The lowest BCUT2D eigenvalue weighted by Crippen LogP contribution is -2.48. The second kappa shape index (κ2) is 8.21. The summed E-state index contributed by atoms with van der Waals surface area (Å²) in [6, 6.07) is 8.77. The van der Waals surface area contributed by atoms with Crippen LogP contribution in [0.15, 0.2) is 24.3 Å². The summed E-state index contributed by atoms with van der Waals surface area (Å²) >= 11 is 6.24. The molecule has 5 heteroatoms. The van der Waals surface area contributed by atoms with Crippen molar-refractivity contribution < 1.29 is 4.79 Å². The highest BCUT2D eigenvalue weighted by Crippen LogP contribution is 2.36. The van der Waals surface area contributed by atoms with Gasteiger partial charge in [0.05, 0.1) is 0 Å². The SMILES string of the molecule is NC(=O)N1CCC(N[C@@H](c2cccc(Cl)c2)C2CCCCC2)CC1. The van der Waals surface area contributed by atoms with Gasteiger partial charge in [0.1, 0.15) is 0 Å². The summed E-state index contributed by atoms with van der Waals surface area (Å²) in [6.45, 7) is 1.50. The molecule has 2 aliphatic rings. The van der Waals surface area contributed by atoms with Crippen molar-refractivity contribution in [3.05, 3.63) is 34.9 Å². The Hall–Kier alpha value is -1.26. The Morgan fingerprint density at radius 2 is 1.88 bits per heavy atom. The van der Waals surface area contributed by atoms with Gasteiger partial charge in [-0.05, 0) is 49.3 Å². The predicted octanol–water partition coefficient (Wildman–Crippen LogP) is 4.09. The molecule has 2 fully saturated rings. The van der Waals surface area contributed by atoms with Gasteiger partial charge in [-0.3, -0.25) is 0 Å². The van der Waals surface area contributed by atoms with Gasteiger partial charge in [-0.15, -0.1) is 0 Å². The molecular weight excluding hydrogens is 322 g/mol. The quantitative estimate of drug-likeness (QED) is 0.859. The molecule has 1 aliphatic carbocycles. The van der Waals surface area contributed by atoms with Crippen LogP contribution in [0.4, 0.5) is 4.79 Å². The lowest BCUT2D eigenvalue weighted by molar-refractivity contribution is 0.172. The average Bonchev–Trinajstić information content (AvgIpc) is 2.61. The molecule has 1 aromatic carbocycles. The van der Waals surface area contributed by atoms with Crippen LogP contribution in [0, 0.1) is 5.92 Å². The summed E-state index contributed by atoms with van der Waals surface area (Å²) in [5.74, 6) is 0.673. The summed E-state index contributed by atoms with van der Waals surface area (Å²) in [7, 11) is 0. The summed E-state index contributed by atoms with van der Waals surface area (Å²) < 4.78 is 0.